The molecule has 2 heterocycles. The van der Waals surface area contributed by atoms with Gasteiger partial charge in [0.1, 0.15) is 6.61 Å². The maximum absolute atomic E-state index is 6.14. The third-order valence-corrected chi connectivity index (χ3v) is 5.69. The Bertz CT molecular complexity index is 884. The molecule has 1 aliphatic rings. The summed E-state index contributed by atoms with van der Waals surface area (Å²) in [5.74, 6) is 1.38. The summed E-state index contributed by atoms with van der Waals surface area (Å²) < 4.78 is 6.14. The summed E-state index contributed by atoms with van der Waals surface area (Å²) >= 11 is 1.63. The van der Waals surface area contributed by atoms with Gasteiger partial charge in [-0.25, -0.2) is 4.98 Å². The van der Waals surface area contributed by atoms with Crippen molar-refractivity contribution in [2.24, 2.45) is 0 Å². The first-order valence-electron chi connectivity index (χ1n) is 9.48. The second-order valence-corrected chi connectivity index (χ2v) is 7.93. The van der Waals surface area contributed by atoms with E-state index in [0.717, 1.165) is 47.5 Å². The van der Waals surface area contributed by atoms with Crippen LogP contribution in [0.5, 0.6) is 5.88 Å². The van der Waals surface area contributed by atoms with E-state index in [9.17, 15) is 0 Å². The standard InChI is InChI=1S/C22H24N4OS/c1-25-12-14-26(15-13-25)22-23-16-20(28-19-10-6-3-7-11-19)21(24-22)27-17-18-8-4-2-5-9-18/h2-11,16H,12-15,17H2,1H3. The van der Waals surface area contributed by atoms with Crippen LogP contribution in [0.2, 0.25) is 0 Å². The van der Waals surface area contributed by atoms with Gasteiger partial charge in [0.05, 0.1) is 11.1 Å². The third kappa shape index (κ3) is 4.82. The minimum atomic E-state index is 0.488. The van der Waals surface area contributed by atoms with Gasteiger partial charge >= 0.3 is 0 Å². The van der Waals surface area contributed by atoms with Crippen molar-refractivity contribution in [3.8, 4) is 5.88 Å². The van der Waals surface area contributed by atoms with Crippen molar-refractivity contribution in [1.82, 2.24) is 14.9 Å². The van der Waals surface area contributed by atoms with Crippen molar-refractivity contribution in [2.45, 2.75) is 16.4 Å². The van der Waals surface area contributed by atoms with E-state index in [1.807, 2.05) is 42.6 Å². The van der Waals surface area contributed by atoms with Crippen LogP contribution in [0.1, 0.15) is 5.56 Å². The van der Waals surface area contributed by atoms with Gasteiger partial charge in [0, 0.05) is 31.1 Å². The van der Waals surface area contributed by atoms with Crippen LogP contribution in [0, 0.1) is 0 Å². The molecule has 144 valence electrons. The van der Waals surface area contributed by atoms with Crippen molar-refractivity contribution >= 4 is 17.7 Å². The SMILES string of the molecule is CN1CCN(c2ncc(Sc3ccccc3)c(OCc3ccccc3)n2)CC1. The summed E-state index contributed by atoms with van der Waals surface area (Å²) in [6.07, 6.45) is 1.89. The first-order chi connectivity index (χ1) is 13.8. The summed E-state index contributed by atoms with van der Waals surface area (Å²) in [6, 6.07) is 20.4. The number of ether oxygens (including phenoxy) is 1. The number of rotatable bonds is 6. The zero-order valence-corrected chi connectivity index (χ0v) is 16.8. The normalized spacial score (nSPS) is 14.8. The van der Waals surface area contributed by atoms with E-state index in [0.29, 0.717) is 12.5 Å². The molecule has 0 saturated carbocycles. The molecule has 1 saturated heterocycles. The van der Waals surface area contributed by atoms with Crippen molar-refractivity contribution < 1.29 is 4.74 Å². The first kappa shape index (κ1) is 18.8. The maximum atomic E-state index is 6.14. The minimum absolute atomic E-state index is 0.488. The number of nitrogens with zero attached hydrogens (tertiary/aromatic N) is 4. The van der Waals surface area contributed by atoms with Crippen LogP contribution in [0.4, 0.5) is 5.95 Å². The second-order valence-electron chi connectivity index (χ2n) is 6.82. The topological polar surface area (TPSA) is 41.5 Å². The fourth-order valence-corrected chi connectivity index (χ4v) is 3.86. The van der Waals surface area contributed by atoms with E-state index >= 15 is 0 Å². The highest BCUT2D eigenvalue weighted by atomic mass is 32.2. The number of likely N-dealkylation sites (N-methyl/N-ethyl adjacent to an activating group) is 1. The molecule has 2 aromatic carbocycles. The third-order valence-electron chi connectivity index (χ3n) is 4.69. The monoisotopic (exact) mass is 392 g/mol. The van der Waals surface area contributed by atoms with E-state index in [1.54, 1.807) is 11.8 Å². The summed E-state index contributed by atoms with van der Waals surface area (Å²) in [5.41, 5.74) is 1.12. The predicted octanol–water partition coefficient (Wildman–Crippen LogP) is 3.96. The van der Waals surface area contributed by atoms with Gasteiger partial charge in [-0.1, -0.05) is 60.3 Å². The summed E-state index contributed by atoms with van der Waals surface area (Å²) in [7, 11) is 2.15. The molecule has 1 aliphatic heterocycles. The van der Waals surface area contributed by atoms with Crippen LogP contribution in [0.3, 0.4) is 0 Å². The molecule has 5 nitrogen and oxygen atoms in total. The first-order valence-corrected chi connectivity index (χ1v) is 10.3. The molecule has 0 unspecified atom stereocenters. The van der Waals surface area contributed by atoms with Gasteiger partial charge in [0.15, 0.2) is 0 Å². The summed E-state index contributed by atoms with van der Waals surface area (Å²) in [6.45, 7) is 4.39. The summed E-state index contributed by atoms with van der Waals surface area (Å²) in [4.78, 5) is 16.0. The van der Waals surface area contributed by atoms with E-state index in [2.05, 4.69) is 46.1 Å². The Hall–Kier alpha value is -2.57. The average molecular weight is 393 g/mol. The lowest BCUT2D eigenvalue weighted by Crippen LogP contribution is -2.45. The van der Waals surface area contributed by atoms with Crippen LogP contribution < -0.4 is 9.64 Å². The lowest BCUT2D eigenvalue weighted by atomic mass is 10.2. The Labute approximate surface area is 170 Å². The highest BCUT2D eigenvalue weighted by molar-refractivity contribution is 7.99. The Kier molecular flexibility index (Phi) is 6.09. The van der Waals surface area contributed by atoms with Crippen molar-refractivity contribution in [2.75, 3.05) is 38.1 Å². The lowest BCUT2D eigenvalue weighted by molar-refractivity contribution is 0.283. The van der Waals surface area contributed by atoms with E-state index < -0.39 is 0 Å². The predicted molar refractivity (Wildman–Crippen MR) is 113 cm³/mol. The van der Waals surface area contributed by atoms with Gasteiger partial charge in [-0.2, -0.15) is 4.98 Å². The van der Waals surface area contributed by atoms with Crippen LogP contribution in [-0.2, 0) is 6.61 Å². The molecule has 0 atom stereocenters. The van der Waals surface area contributed by atoms with E-state index in [4.69, 9.17) is 9.72 Å². The number of hydrogen-bond acceptors (Lipinski definition) is 6. The van der Waals surface area contributed by atoms with Crippen LogP contribution in [0.25, 0.3) is 0 Å². The highest BCUT2D eigenvalue weighted by Gasteiger charge is 2.19. The lowest BCUT2D eigenvalue weighted by Gasteiger charge is -2.32. The van der Waals surface area contributed by atoms with Crippen molar-refractivity contribution in [3.63, 3.8) is 0 Å². The van der Waals surface area contributed by atoms with Gasteiger partial charge in [-0.15, -0.1) is 0 Å². The number of benzene rings is 2. The Balaban J connectivity index is 1.57. The highest BCUT2D eigenvalue weighted by Crippen LogP contribution is 2.34. The molecule has 0 radical (unpaired) electrons. The molecule has 0 amide bonds. The van der Waals surface area contributed by atoms with E-state index in [1.165, 1.54) is 0 Å². The molecule has 28 heavy (non-hydrogen) atoms. The Morgan fingerprint density at radius 3 is 2.32 bits per heavy atom. The van der Waals surface area contributed by atoms with Gasteiger partial charge < -0.3 is 14.5 Å². The number of hydrogen-bond donors (Lipinski definition) is 0. The number of piperazine rings is 1. The fourth-order valence-electron chi connectivity index (χ4n) is 3.02. The molecule has 0 spiro atoms. The molecule has 1 fully saturated rings. The molecular weight excluding hydrogens is 368 g/mol. The quantitative estimate of drug-likeness (QED) is 0.633. The van der Waals surface area contributed by atoms with Crippen molar-refractivity contribution in [1.29, 1.82) is 0 Å². The molecule has 6 heteroatoms. The number of anilines is 1. The molecule has 4 rings (SSSR count). The molecule has 1 aromatic heterocycles. The Morgan fingerprint density at radius 1 is 0.929 bits per heavy atom. The van der Waals surface area contributed by atoms with Crippen LogP contribution in [-0.4, -0.2) is 48.1 Å². The van der Waals surface area contributed by atoms with Gasteiger partial charge in [-0.05, 0) is 24.7 Å². The molecule has 0 bridgehead atoms. The largest absolute Gasteiger partial charge is 0.472 e. The maximum Gasteiger partial charge on any atom is 0.232 e. The second kappa shape index (κ2) is 9.08. The zero-order chi connectivity index (χ0) is 19.2. The Morgan fingerprint density at radius 2 is 1.61 bits per heavy atom. The van der Waals surface area contributed by atoms with Crippen molar-refractivity contribution in [3.05, 3.63) is 72.4 Å². The van der Waals surface area contributed by atoms with E-state index in [-0.39, 0.29) is 0 Å². The minimum Gasteiger partial charge on any atom is -0.472 e. The fraction of sp³-hybridized carbons (Fsp3) is 0.273. The molecular formula is C22H24N4OS. The molecule has 0 aliphatic carbocycles. The van der Waals surface area contributed by atoms with Crippen LogP contribution >= 0.6 is 11.8 Å². The zero-order valence-electron chi connectivity index (χ0n) is 16.0. The summed E-state index contributed by atoms with van der Waals surface area (Å²) in [5, 5.41) is 0. The van der Waals surface area contributed by atoms with Gasteiger partial charge in [0.25, 0.3) is 0 Å². The average Bonchev–Trinajstić information content (AvgIpc) is 2.75. The molecule has 3 aromatic rings. The van der Waals surface area contributed by atoms with Gasteiger partial charge in [0.2, 0.25) is 11.8 Å². The molecule has 0 N–H and O–H groups in total. The van der Waals surface area contributed by atoms with Crippen LogP contribution in [0.15, 0.2) is 76.7 Å². The number of aromatic nitrogens is 2. The van der Waals surface area contributed by atoms with Gasteiger partial charge in [-0.3, -0.25) is 0 Å². The smallest absolute Gasteiger partial charge is 0.232 e.